The fraction of sp³-hybridized carbons (Fsp3) is 0.429. The number of hydrogen-bond acceptors (Lipinski definition) is 7. The summed E-state index contributed by atoms with van der Waals surface area (Å²) in [4.78, 5) is 29.5. The van der Waals surface area contributed by atoms with Crippen molar-refractivity contribution in [3.05, 3.63) is 58.7 Å². The van der Waals surface area contributed by atoms with Gasteiger partial charge in [0, 0.05) is 18.5 Å². The van der Waals surface area contributed by atoms with Crippen molar-refractivity contribution in [2.24, 2.45) is 0 Å². The summed E-state index contributed by atoms with van der Waals surface area (Å²) in [7, 11) is 4.60. The molecule has 2 aromatic carbocycles. The van der Waals surface area contributed by atoms with E-state index in [0.29, 0.717) is 46.9 Å². The molecule has 2 fully saturated rings. The van der Waals surface area contributed by atoms with Gasteiger partial charge in [0.2, 0.25) is 5.78 Å². The largest absolute Gasteiger partial charge is 0.872 e. The van der Waals surface area contributed by atoms with Crippen LogP contribution < -0.4 is 24.2 Å². The highest BCUT2D eigenvalue weighted by atomic mass is 16.5. The van der Waals surface area contributed by atoms with Crippen LogP contribution in [0.2, 0.25) is 0 Å². The lowest BCUT2D eigenvalue weighted by Crippen LogP contribution is -3.14. The number of ether oxygens (including phenoxy) is 4. The van der Waals surface area contributed by atoms with Crippen molar-refractivity contribution in [1.29, 1.82) is 0 Å². The first-order valence-electron chi connectivity index (χ1n) is 12.4. The van der Waals surface area contributed by atoms with Crippen molar-refractivity contribution in [1.82, 2.24) is 4.90 Å². The summed E-state index contributed by atoms with van der Waals surface area (Å²) in [6.45, 7) is 6.26. The molecule has 0 aliphatic carbocycles. The zero-order valence-corrected chi connectivity index (χ0v) is 21.8. The molecule has 2 aromatic rings. The van der Waals surface area contributed by atoms with Gasteiger partial charge in [0.15, 0.2) is 11.5 Å². The SMILES string of the molecule is COc1ccc(/C([O-])=C2\C(=O)C(=O)N(CCC[NH+]3CCOCC3)C2c2ccc(OC)c(OC)c2)c(C)c1. The zero-order chi connectivity index (χ0) is 26.5. The van der Waals surface area contributed by atoms with Gasteiger partial charge in [-0.25, -0.2) is 0 Å². The normalized spacial score (nSPS) is 19.8. The van der Waals surface area contributed by atoms with Crippen LogP contribution in [0.1, 0.15) is 29.2 Å². The molecule has 0 bridgehead atoms. The molecule has 2 saturated heterocycles. The summed E-state index contributed by atoms with van der Waals surface area (Å²) in [5.74, 6) is -0.304. The summed E-state index contributed by atoms with van der Waals surface area (Å²) >= 11 is 0. The van der Waals surface area contributed by atoms with Crippen LogP contribution in [0.5, 0.6) is 17.2 Å². The summed E-state index contributed by atoms with van der Waals surface area (Å²) < 4.78 is 21.5. The molecule has 2 heterocycles. The van der Waals surface area contributed by atoms with E-state index in [1.54, 1.807) is 50.4 Å². The van der Waals surface area contributed by atoms with E-state index in [0.717, 1.165) is 32.8 Å². The van der Waals surface area contributed by atoms with Crippen molar-refractivity contribution in [3.8, 4) is 17.2 Å². The molecule has 198 valence electrons. The number of nitrogens with one attached hydrogen (secondary N) is 1. The van der Waals surface area contributed by atoms with Crippen LogP contribution in [0.15, 0.2) is 42.0 Å². The van der Waals surface area contributed by atoms with Gasteiger partial charge in [-0.2, -0.15) is 0 Å². The lowest BCUT2D eigenvalue weighted by atomic mass is 9.93. The summed E-state index contributed by atoms with van der Waals surface area (Å²) in [5.41, 5.74) is 1.59. The molecule has 0 saturated carbocycles. The van der Waals surface area contributed by atoms with Crippen molar-refractivity contribution in [2.75, 3.05) is 60.7 Å². The van der Waals surface area contributed by atoms with Gasteiger partial charge in [0.25, 0.3) is 5.91 Å². The van der Waals surface area contributed by atoms with Crippen LogP contribution in [0.25, 0.3) is 5.76 Å². The maximum Gasteiger partial charge on any atom is 0.295 e. The van der Waals surface area contributed by atoms with Crippen LogP contribution in [0.3, 0.4) is 0 Å². The highest BCUT2D eigenvalue weighted by molar-refractivity contribution is 6.46. The van der Waals surface area contributed by atoms with Gasteiger partial charge >= 0.3 is 0 Å². The minimum Gasteiger partial charge on any atom is -0.872 e. The molecule has 9 heteroatoms. The number of methoxy groups -OCH3 is 3. The monoisotopic (exact) mass is 510 g/mol. The van der Waals surface area contributed by atoms with Crippen LogP contribution >= 0.6 is 0 Å². The zero-order valence-electron chi connectivity index (χ0n) is 21.8. The molecule has 37 heavy (non-hydrogen) atoms. The third-order valence-corrected chi connectivity index (χ3v) is 7.06. The molecule has 0 spiro atoms. The minimum absolute atomic E-state index is 0.0517. The molecular weight excluding hydrogens is 476 g/mol. The number of nitrogens with zero attached hydrogens (tertiary/aromatic N) is 1. The lowest BCUT2D eigenvalue weighted by molar-refractivity contribution is -0.908. The molecule has 2 aliphatic heterocycles. The molecule has 0 radical (unpaired) electrons. The first-order valence-corrected chi connectivity index (χ1v) is 12.4. The third-order valence-electron chi connectivity index (χ3n) is 7.06. The Morgan fingerprint density at radius 2 is 1.76 bits per heavy atom. The van der Waals surface area contributed by atoms with E-state index in [1.165, 1.54) is 24.0 Å². The highest BCUT2D eigenvalue weighted by Gasteiger charge is 2.44. The number of ketones is 1. The topological polar surface area (TPSA) is 102 Å². The predicted octanol–water partition coefficient (Wildman–Crippen LogP) is 0.550. The molecule has 2 aliphatic rings. The molecule has 1 N–H and O–H groups in total. The first-order chi connectivity index (χ1) is 17.9. The van der Waals surface area contributed by atoms with Crippen molar-refractivity contribution >= 4 is 17.4 Å². The number of Topliss-reactive ketones (excluding diaryl/α,β-unsaturated/α-hetero) is 1. The molecular formula is C28H34N2O7. The number of rotatable bonds is 9. The van der Waals surface area contributed by atoms with E-state index in [-0.39, 0.29) is 5.57 Å². The van der Waals surface area contributed by atoms with Gasteiger partial charge in [-0.1, -0.05) is 17.9 Å². The van der Waals surface area contributed by atoms with Crippen molar-refractivity contribution in [2.45, 2.75) is 19.4 Å². The van der Waals surface area contributed by atoms with Gasteiger partial charge in [-0.15, -0.1) is 0 Å². The maximum absolute atomic E-state index is 13.8. The number of aryl methyl sites for hydroxylation is 1. The lowest BCUT2D eigenvalue weighted by Gasteiger charge is -2.29. The minimum atomic E-state index is -0.825. The van der Waals surface area contributed by atoms with Crippen LogP contribution in [0.4, 0.5) is 0 Å². The Bertz CT molecular complexity index is 1190. The number of hydrogen-bond donors (Lipinski definition) is 1. The van der Waals surface area contributed by atoms with Crippen LogP contribution in [0, 0.1) is 6.92 Å². The first kappa shape index (κ1) is 26.5. The van der Waals surface area contributed by atoms with E-state index in [1.807, 2.05) is 0 Å². The van der Waals surface area contributed by atoms with E-state index in [4.69, 9.17) is 18.9 Å². The molecule has 4 rings (SSSR count). The molecule has 0 aromatic heterocycles. The second-order valence-electron chi connectivity index (χ2n) is 9.23. The fourth-order valence-corrected chi connectivity index (χ4v) is 5.04. The molecule has 1 unspecified atom stereocenters. The van der Waals surface area contributed by atoms with E-state index < -0.39 is 23.5 Å². The summed E-state index contributed by atoms with van der Waals surface area (Å²) in [5, 5.41) is 13.8. The average Bonchev–Trinajstić information content (AvgIpc) is 3.17. The quantitative estimate of drug-likeness (QED) is 0.299. The average molecular weight is 511 g/mol. The Kier molecular flexibility index (Phi) is 8.35. The van der Waals surface area contributed by atoms with Crippen molar-refractivity contribution in [3.63, 3.8) is 0 Å². The Labute approximate surface area is 217 Å². The Hall–Kier alpha value is -3.56. The van der Waals surface area contributed by atoms with E-state index in [2.05, 4.69) is 0 Å². The summed E-state index contributed by atoms with van der Waals surface area (Å²) in [6, 6.07) is 9.44. The molecule has 1 atom stereocenters. The van der Waals surface area contributed by atoms with Gasteiger partial charge < -0.3 is 33.9 Å². The number of quaternary nitrogens is 1. The second kappa shape index (κ2) is 11.7. The standard InChI is InChI=1S/C28H34N2O7/c1-18-16-20(34-2)7-8-21(18)26(31)24-25(19-6-9-22(35-3)23(17-19)36-4)30(28(33)27(24)32)11-5-10-29-12-14-37-15-13-29/h6-9,16-17,25,31H,5,10-15H2,1-4H3/b26-24+. The number of morpholine rings is 1. The maximum atomic E-state index is 13.8. The fourth-order valence-electron chi connectivity index (χ4n) is 5.04. The predicted molar refractivity (Wildman–Crippen MR) is 135 cm³/mol. The number of likely N-dealkylation sites (tertiary alicyclic amines) is 1. The molecule has 9 nitrogen and oxygen atoms in total. The Morgan fingerprint density at radius 1 is 1.03 bits per heavy atom. The molecule has 1 amide bonds. The highest BCUT2D eigenvalue weighted by Crippen LogP contribution is 2.41. The third kappa shape index (κ3) is 5.42. The number of carbonyl (C=O) groups is 2. The number of carbonyl (C=O) groups excluding carboxylic acids is 2. The van der Waals surface area contributed by atoms with Gasteiger partial charge in [-0.05, 0) is 47.9 Å². The smallest absolute Gasteiger partial charge is 0.295 e. The van der Waals surface area contributed by atoms with Crippen LogP contribution in [-0.4, -0.2) is 77.3 Å². The van der Waals surface area contributed by atoms with Crippen LogP contribution in [-0.2, 0) is 14.3 Å². The van der Waals surface area contributed by atoms with E-state index in [9.17, 15) is 14.7 Å². The summed E-state index contributed by atoms with van der Waals surface area (Å²) in [6.07, 6.45) is 0.696. The Balaban J connectivity index is 1.75. The second-order valence-corrected chi connectivity index (χ2v) is 9.23. The van der Waals surface area contributed by atoms with Gasteiger partial charge in [-0.3, -0.25) is 9.59 Å². The number of amides is 1. The van der Waals surface area contributed by atoms with Crippen molar-refractivity contribution < 1.29 is 38.5 Å². The Morgan fingerprint density at radius 3 is 2.41 bits per heavy atom. The number of benzene rings is 2. The van der Waals surface area contributed by atoms with Gasteiger partial charge in [0.05, 0.1) is 47.1 Å². The van der Waals surface area contributed by atoms with E-state index >= 15 is 0 Å². The van der Waals surface area contributed by atoms with Gasteiger partial charge in [0.1, 0.15) is 18.8 Å².